The minimum absolute atomic E-state index is 0.00533. The largest absolute Gasteiger partial charge is 0.356 e. The Morgan fingerprint density at radius 1 is 1.37 bits per heavy atom. The molecule has 19 heavy (non-hydrogen) atoms. The fourth-order valence-corrected chi connectivity index (χ4v) is 2.30. The van der Waals surface area contributed by atoms with Gasteiger partial charge in [0.2, 0.25) is 11.8 Å². The van der Waals surface area contributed by atoms with Crippen molar-refractivity contribution >= 4 is 11.8 Å². The number of hydrogen-bond acceptors (Lipinski definition) is 2. The molecule has 1 aromatic carbocycles. The third kappa shape index (κ3) is 3.56. The maximum absolute atomic E-state index is 11.9. The van der Waals surface area contributed by atoms with E-state index in [0.717, 1.165) is 12.0 Å². The molecular formula is C15H20N2O2. The second-order valence-corrected chi connectivity index (χ2v) is 4.95. The van der Waals surface area contributed by atoms with Crippen LogP contribution >= 0.6 is 0 Å². The van der Waals surface area contributed by atoms with Crippen LogP contribution in [0.4, 0.5) is 0 Å². The molecule has 0 saturated carbocycles. The van der Waals surface area contributed by atoms with Gasteiger partial charge in [-0.1, -0.05) is 37.3 Å². The summed E-state index contributed by atoms with van der Waals surface area (Å²) in [5, 5.41) is 2.86. The predicted molar refractivity (Wildman–Crippen MR) is 73.3 cm³/mol. The van der Waals surface area contributed by atoms with Crippen molar-refractivity contribution in [3.8, 4) is 0 Å². The first kappa shape index (κ1) is 13.6. The number of likely N-dealkylation sites (tertiary alicyclic amines) is 1. The molecule has 4 heteroatoms. The Morgan fingerprint density at radius 3 is 2.79 bits per heavy atom. The van der Waals surface area contributed by atoms with Crippen molar-refractivity contribution in [1.82, 2.24) is 10.2 Å². The molecule has 1 N–H and O–H groups in total. The molecule has 0 bridgehead atoms. The van der Waals surface area contributed by atoms with E-state index in [4.69, 9.17) is 0 Å². The number of amides is 2. The smallest absolute Gasteiger partial charge is 0.225 e. The topological polar surface area (TPSA) is 49.4 Å². The Bertz CT molecular complexity index is 445. The second-order valence-electron chi connectivity index (χ2n) is 4.95. The average molecular weight is 260 g/mol. The van der Waals surface area contributed by atoms with Crippen molar-refractivity contribution in [2.45, 2.75) is 26.3 Å². The number of hydrogen-bond donors (Lipinski definition) is 1. The van der Waals surface area contributed by atoms with Crippen molar-refractivity contribution in [2.75, 3.05) is 13.1 Å². The molecule has 0 unspecified atom stereocenters. The van der Waals surface area contributed by atoms with Crippen molar-refractivity contribution in [2.24, 2.45) is 5.92 Å². The summed E-state index contributed by atoms with van der Waals surface area (Å²) in [7, 11) is 0. The molecule has 1 aliphatic heterocycles. The van der Waals surface area contributed by atoms with Crippen LogP contribution in [0.2, 0.25) is 0 Å². The van der Waals surface area contributed by atoms with E-state index >= 15 is 0 Å². The van der Waals surface area contributed by atoms with Gasteiger partial charge in [0, 0.05) is 26.1 Å². The van der Waals surface area contributed by atoms with E-state index in [2.05, 4.69) is 5.32 Å². The summed E-state index contributed by atoms with van der Waals surface area (Å²) in [4.78, 5) is 25.5. The summed E-state index contributed by atoms with van der Waals surface area (Å²) >= 11 is 0. The summed E-state index contributed by atoms with van der Waals surface area (Å²) < 4.78 is 0. The molecule has 1 heterocycles. The molecule has 1 aromatic rings. The first-order valence-corrected chi connectivity index (χ1v) is 6.80. The van der Waals surface area contributed by atoms with E-state index in [9.17, 15) is 9.59 Å². The number of carbonyl (C=O) groups is 2. The standard InChI is InChI=1S/C15H20N2O2/c1-2-8-16-15(19)13-9-14(18)17(11-13)10-12-6-4-3-5-7-12/h3-7,13H,2,8-11H2,1H3,(H,16,19)/t13-/m0/s1. The molecule has 1 fully saturated rings. The van der Waals surface area contributed by atoms with Crippen LogP contribution in [-0.4, -0.2) is 29.8 Å². The van der Waals surface area contributed by atoms with Gasteiger partial charge in [-0.25, -0.2) is 0 Å². The van der Waals surface area contributed by atoms with Crippen LogP contribution in [-0.2, 0) is 16.1 Å². The molecule has 4 nitrogen and oxygen atoms in total. The fraction of sp³-hybridized carbons (Fsp3) is 0.467. The van der Waals surface area contributed by atoms with Gasteiger partial charge in [0.05, 0.1) is 5.92 Å². The van der Waals surface area contributed by atoms with E-state index in [1.165, 1.54) is 0 Å². The van der Waals surface area contributed by atoms with Crippen molar-refractivity contribution in [1.29, 1.82) is 0 Å². The summed E-state index contributed by atoms with van der Waals surface area (Å²) in [6.45, 7) is 3.82. The molecule has 0 radical (unpaired) electrons. The second kappa shape index (κ2) is 6.36. The minimum atomic E-state index is -0.192. The molecule has 2 amide bonds. The maximum atomic E-state index is 11.9. The number of carbonyl (C=O) groups excluding carboxylic acids is 2. The van der Waals surface area contributed by atoms with E-state index in [-0.39, 0.29) is 17.7 Å². The number of rotatable bonds is 5. The Labute approximate surface area is 113 Å². The lowest BCUT2D eigenvalue weighted by Crippen LogP contribution is -2.33. The Kier molecular flexibility index (Phi) is 4.55. The van der Waals surface area contributed by atoms with Gasteiger partial charge in [0.25, 0.3) is 0 Å². The molecule has 2 rings (SSSR count). The highest BCUT2D eigenvalue weighted by Gasteiger charge is 2.33. The van der Waals surface area contributed by atoms with Gasteiger partial charge in [-0.3, -0.25) is 9.59 Å². The highest BCUT2D eigenvalue weighted by atomic mass is 16.2. The number of nitrogens with zero attached hydrogens (tertiary/aromatic N) is 1. The van der Waals surface area contributed by atoms with Gasteiger partial charge in [-0.15, -0.1) is 0 Å². The lowest BCUT2D eigenvalue weighted by Gasteiger charge is -2.16. The quantitative estimate of drug-likeness (QED) is 0.873. The molecule has 1 atom stereocenters. The first-order chi connectivity index (χ1) is 9.20. The first-order valence-electron chi connectivity index (χ1n) is 6.80. The molecule has 1 saturated heterocycles. The van der Waals surface area contributed by atoms with E-state index in [1.54, 1.807) is 4.90 Å². The Balaban J connectivity index is 1.91. The van der Waals surface area contributed by atoms with Gasteiger partial charge in [0.15, 0.2) is 0 Å². The highest BCUT2D eigenvalue weighted by Crippen LogP contribution is 2.20. The maximum Gasteiger partial charge on any atom is 0.225 e. The summed E-state index contributed by atoms with van der Waals surface area (Å²) in [5.74, 6) is -0.117. The van der Waals surface area contributed by atoms with Crippen LogP contribution in [0.25, 0.3) is 0 Å². The van der Waals surface area contributed by atoms with E-state index < -0.39 is 0 Å². The van der Waals surface area contributed by atoms with Gasteiger partial charge in [-0.05, 0) is 12.0 Å². The SMILES string of the molecule is CCCNC(=O)[C@H]1CC(=O)N(Cc2ccccc2)C1. The van der Waals surface area contributed by atoms with Gasteiger partial charge >= 0.3 is 0 Å². The van der Waals surface area contributed by atoms with Crippen LogP contribution in [0, 0.1) is 5.92 Å². The van der Waals surface area contributed by atoms with Crippen LogP contribution in [0.3, 0.4) is 0 Å². The summed E-state index contributed by atoms with van der Waals surface area (Å²) in [5.41, 5.74) is 1.10. The summed E-state index contributed by atoms with van der Waals surface area (Å²) in [6.07, 6.45) is 1.25. The van der Waals surface area contributed by atoms with Crippen LogP contribution in [0.15, 0.2) is 30.3 Å². The average Bonchev–Trinajstić information content (AvgIpc) is 2.79. The lowest BCUT2D eigenvalue weighted by molar-refractivity contribution is -0.129. The Hall–Kier alpha value is -1.84. The van der Waals surface area contributed by atoms with Crippen LogP contribution in [0.5, 0.6) is 0 Å². The zero-order valence-electron chi connectivity index (χ0n) is 11.3. The Morgan fingerprint density at radius 2 is 2.11 bits per heavy atom. The van der Waals surface area contributed by atoms with Gasteiger partial charge in [0.1, 0.15) is 0 Å². The third-order valence-electron chi connectivity index (χ3n) is 3.35. The predicted octanol–water partition coefficient (Wildman–Crippen LogP) is 1.56. The van der Waals surface area contributed by atoms with Crippen molar-refractivity contribution < 1.29 is 9.59 Å². The number of nitrogens with one attached hydrogen (secondary N) is 1. The molecule has 102 valence electrons. The molecule has 0 spiro atoms. The van der Waals surface area contributed by atoms with Crippen molar-refractivity contribution in [3.63, 3.8) is 0 Å². The zero-order valence-corrected chi connectivity index (χ0v) is 11.3. The lowest BCUT2D eigenvalue weighted by atomic mass is 10.1. The molecule has 0 aromatic heterocycles. The number of benzene rings is 1. The highest BCUT2D eigenvalue weighted by molar-refractivity contribution is 5.89. The van der Waals surface area contributed by atoms with E-state index in [0.29, 0.717) is 26.1 Å². The molecule has 0 aliphatic carbocycles. The van der Waals surface area contributed by atoms with Gasteiger partial charge < -0.3 is 10.2 Å². The molecule has 1 aliphatic rings. The van der Waals surface area contributed by atoms with Crippen LogP contribution < -0.4 is 5.32 Å². The van der Waals surface area contributed by atoms with Gasteiger partial charge in [-0.2, -0.15) is 0 Å². The minimum Gasteiger partial charge on any atom is -0.356 e. The zero-order chi connectivity index (χ0) is 13.7. The van der Waals surface area contributed by atoms with Crippen molar-refractivity contribution in [3.05, 3.63) is 35.9 Å². The third-order valence-corrected chi connectivity index (χ3v) is 3.35. The summed E-state index contributed by atoms with van der Waals surface area (Å²) in [6, 6.07) is 9.87. The molecular weight excluding hydrogens is 240 g/mol. The normalized spacial score (nSPS) is 18.7. The monoisotopic (exact) mass is 260 g/mol. The van der Waals surface area contributed by atoms with Crippen LogP contribution in [0.1, 0.15) is 25.3 Å². The fourth-order valence-electron chi connectivity index (χ4n) is 2.30. The van der Waals surface area contributed by atoms with E-state index in [1.807, 2.05) is 37.3 Å².